The molecule has 1 nitrogen and oxygen atoms in total. The summed E-state index contributed by atoms with van der Waals surface area (Å²) in [6.45, 7) is 0. The number of nitrogens with zero attached hydrogens (tertiary/aromatic N) is 1. The quantitative estimate of drug-likeness (QED) is 0.721. The maximum absolute atomic E-state index is 6.29. The van der Waals surface area contributed by atoms with Gasteiger partial charge in [0.1, 0.15) is 5.38 Å². The second-order valence-corrected chi connectivity index (χ2v) is 4.54. The molecule has 0 spiro atoms. The normalized spacial score (nSPS) is 12.4. The van der Waals surface area contributed by atoms with E-state index in [1.165, 1.54) is 0 Å². The van der Waals surface area contributed by atoms with Gasteiger partial charge in [0.05, 0.1) is 15.7 Å². The topological polar surface area (TPSA) is 12.9 Å². The first-order chi connectivity index (χ1) is 7.68. The Kier molecular flexibility index (Phi) is 3.70. The Morgan fingerprint density at radius 1 is 1.00 bits per heavy atom. The predicted molar refractivity (Wildman–Crippen MR) is 68.4 cm³/mol. The van der Waals surface area contributed by atoms with Crippen molar-refractivity contribution in [2.75, 3.05) is 0 Å². The number of halogens is 3. The van der Waals surface area contributed by atoms with Crippen molar-refractivity contribution in [1.29, 1.82) is 0 Å². The molecule has 2 rings (SSSR count). The fourth-order valence-electron chi connectivity index (χ4n) is 1.37. The molecule has 4 heteroatoms. The van der Waals surface area contributed by atoms with Crippen LogP contribution >= 0.6 is 34.8 Å². The number of alkyl halides is 1. The standard InChI is InChI=1S/C12H8Cl3N/c13-9-5-4-8(7-10(9)14)12(15)11-3-1-2-6-16-11/h1-7,12H. The molecular weight excluding hydrogens is 264 g/mol. The number of pyridine rings is 1. The number of rotatable bonds is 2. The van der Waals surface area contributed by atoms with Crippen LogP contribution in [0.1, 0.15) is 16.6 Å². The van der Waals surface area contributed by atoms with Gasteiger partial charge < -0.3 is 0 Å². The zero-order valence-electron chi connectivity index (χ0n) is 8.20. The van der Waals surface area contributed by atoms with Gasteiger partial charge in [0.2, 0.25) is 0 Å². The van der Waals surface area contributed by atoms with Crippen LogP contribution in [-0.4, -0.2) is 4.98 Å². The minimum absolute atomic E-state index is 0.309. The first-order valence-corrected chi connectivity index (χ1v) is 5.87. The molecule has 0 saturated heterocycles. The molecule has 1 unspecified atom stereocenters. The van der Waals surface area contributed by atoms with E-state index < -0.39 is 0 Å². The SMILES string of the molecule is Clc1ccc(C(Cl)c2ccccn2)cc1Cl. The van der Waals surface area contributed by atoms with Crippen LogP contribution in [0.5, 0.6) is 0 Å². The number of hydrogen-bond acceptors (Lipinski definition) is 1. The van der Waals surface area contributed by atoms with Crippen molar-refractivity contribution in [2.45, 2.75) is 5.38 Å². The highest BCUT2D eigenvalue weighted by Crippen LogP contribution is 2.31. The summed E-state index contributed by atoms with van der Waals surface area (Å²) in [4.78, 5) is 4.20. The molecule has 0 radical (unpaired) electrons. The average molecular weight is 273 g/mol. The summed E-state index contributed by atoms with van der Waals surface area (Å²) < 4.78 is 0. The van der Waals surface area contributed by atoms with Gasteiger partial charge in [-0.3, -0.25) is 4.98 Å². The van der Waals surface area contributed by atoms with Crippen LogP contribution in [-0.2, 0) is 0 Å². The molecule has 0 aliphatic carbocycles. The average Bonchev–Trinajstić information content (AvgIpc) is 2.33. The molecular formula is C12H8Cl3N. The van der Waals surface area contributed by atoms with Crippen molar-refractivity contribution in [3.8, 4) is 0 Å². The van der Waals surface area contributed by atoms with Crippen molar-refractivity contribution in [1.82, 2.24) is 4.98 Å². The largest absolute Gasteiger partial charge is 0.259 e. The van der Waals surface area contributed by atoms with Crippen molar-refractivity contribution in [3.63, 3.8) is 0 Å². The zero-order valence-corrected chi connectivity index (χ0v) is 10.5. The molecule has 2 aromatic rings. The van der Waals surface area contributed by atoms with Crippen LogP contribution in [0.4, 0.5) is 0 Å². The molecule has 0 aliphatic rings. The molecule has 0 aliphatic heterocycles. The molecule has 0 bridgehead atoms. The smallest absolute Gasteiger partial charge is 0.101 e. The molecule has 1 atom stereocenters. The van der Waals surface area contributed by atoms with Crippen LogP contribution in [0.2, 0.25) is 10.0 Å². The summed E-state index contributed by atoms with van der Waals surface area (Å²) in [5, 5.41) is 0.715. The van der Waals surface area contributed by atoms with Crippen LogP contribution in [0.25, 0.3) is 0 Å². The van der Waals surface area contributed by atoms with Gasteiger partial charge in [-0.1, -0.05) is 35.3 Å². The fraction of sp³-hybridized carbons (Fsp3) is 0.0833. The Bertz CT molecular complexity index is 485. The monoisotopic (exact) mass is 271 g/mol. The van der Waals surface area contributed by atoms with Gasteiger partial charge >= 0.3 is 0 Å². The molecule has 0 amide bonds. The molecule has 0 saturated carbocycles. The maximum Gasteiger partial charge on any atom is 0.101 e. The lowest BCUT2D eigenvalue weighted by Gasteiger charge is -2.09. The highest BCUT2D eigenvalue weighted by atomic mass is 35.5. The van der Waals surface area contributed by atoms with Gasteiger partial charge in [0.25, 0.3) is 0 Å². The molecule has 0 fully saturated rings. The van der Waals surface area contributed by atoms with E-state index in [-0.39, 0.29) is 5.38 Å². The first kappa shape index (κ1) is 11.7. The number of aromatic nitrogens is 1. The molecule has 82 valence electrons. The first-order valence-electron chi connectivity index (χ1n) is 4.68. The van der Waals surface area contributed by atoms with Crippen molar-refractivity contribution in [2.24, 2.45) is 0 Å². The fourth-order valence-corrected chi connectivity index (χ4v) is 1.94. The van der Waals surface area contributed by atoms with E-state index in [1.54, 1.807) is 18.3 Å². The minimum atomic E-state index is -0.309. The minimum Gasteiger partial charge on any atom is -0.259 e. The Hall–Kier alpha value is -0.760. The summed E-state index contributed by atoms with van der Waals surface area (Å²) in [5.74, 6) is 0. The van der Waals surface area contributed by atoms with Crippen LogP contribution in [0.15, 0.2) is 42.6 Å². The Morgan fingerprint density at radius 2 is 1.81 bits per heavy atom. The highest BCUT2D eigenvalue weighted by molar-refractivity contribution is 6.42. The molecule has 1 aromatic heterocycles. The molecule has 1 heterocycles. The molecule has 16 heavy (non-hydrogen) atoms. The lowest BCUT2D eigenvalue weighted by atomic mass is 10.1. The van der Waals surface area contributed by atoms with Crippen molar-refractivity contribution >= 4 is 34.8 Å². The van der Waals surface area contributed by atoms with Crippen molar-refractivity contribution < 1.29 is 0 Å². The van der Waals surface area contributed by atoms with E-state index in [4.69, 9.17) is 34.8 Å². The Morgan fingerprint density at radius 3 is 2.44 bits per heavy atom. The van der Waals surface area contributed by atoms with Crippen LogP contribution in [0.3, 0.4) is 0 Å². The third-order valence-electron chi connectivity index (χ3n) is 2.18. The van der Waals surface area contributed by atoms with E-state index in [0.717, 1.165) is 11.3 Å². The van der Waals surface area contributed by atoms with Gasteiger partial charge in [0.15, 0.2) is 0 Å². The van der Waals surface area contributed by atoms with Gasteiger partial charge in [-0.15, -0.1) is 11.6 Å². The highest BCUT2D eigenvalue weighted by Gasteiger charge is 2.12. The summed E-state index contributed by atoms with van der Waals surface area (Å²) in [6, 6.07) is 11.0. The Labute approximate surface area is 109 Å². The molecule has 0 N–H and O–H groups in total. The lowest BCUT2D eigenvalue weighted by Crippen LogP contribution is -1.95. The maximum atomic E-state index is 6.29. The van der Waals surface area contributed by atoms with Crippen molar-refractivity contribution in [3.05, 3.63) is 63.9 Å². The summed E-state index contributed by atoms with van der Waals surface area (Å²) in [7, 11) is 0. The zero-order chi connectivity index (χ0) is 11.5. The molecule has 1 aromatic carbocycles. The Balaban J connectivity index is 2.34. The van der Waals surface area contributed by atoms with Gasteiger partial charge in [-0.05, 0) is 29.8 Å². The second-order valence-electron chi connectivity index (χ2n) is 3.29. The van der Waals surface area contributed by atoms with E-state index in [0.29, 0.717) is 10.0 Å². The lowest BCUT2D eigenvalue weighted by molar-refractivity contribution is 1.04. The second kappa shape index (κ2) is 5.05. The number of hydrogen-bond donors (Lipinski definition) is 0. The van der Waals surface area contributed by atoms with Crippen LogP contribution in [0, 0.1) is 0 Å². The van der Waals surface area contributed by atoms with Crippen LogP contribution < -0.4 is 0 Å². The van der Waals surface area contributed by atoms with Gasteiger partial charge in [0, 0.05) is 6.20 Å². The van der Waals surface area contributed by atoms with E-state index in [2.05, 4.69) is 4.98 Å². The van der Waals surface area contributed by atoms with Gasteiger partial charge in [-0.2, -0.15) is 0 Å². The van der Waals surface area contributed by atoms with E-state index in [1.807, 2.05) is 24.3 Å². The third-order valence-corrected chi connectivity index (χ3v) is 3.40. The number of benzene rings is 1. The third kappa shape index (κ3) is 2.49. The van der Waals surface area contributed by atoms with E-state index >= 15 is 0 Å². The summed E-state index contributed by atoms with van der Waals surface area (Å²) >= 11 is 18.1. The summed E-state index contributed by atoms with van der Waals surface area (Å²) in [5.41, 5.74) is 1.68. The van der Waals surface area contributed by atoms with Gasteiger partial charge in [-0.25, -0.2) is 0 Å². The predicted octanol–water partition coefficient (Wildman–Crippen LogP) is 4.72. The van der Waals surface area contributed by atoms with E-state index in [9.17, 15) is 0 Å². The summed E-state index contributed by atoms with van der Waals surface area (Å²) in [6.07, 6.45) is 1.71.